The molecule has 0 unspecified atom stereocenters. The van der Waals surface area contributed by atoms with E-state index in [9.17, 15) is 9.90 Å². The number of hydrogen-bond acceptors (Lipinski definition) is 4. The van der Waals surface area contributed by atoms with Crippen molar-refractivity contribution in [2.24, 2.45) is 0 Å². The van der Waals surface area contributed by atoms with Crippen molar-refractivity contribution >= 4 is 23.2 Å². The molecule has 0 bridgehead atoms. The number of benzene rings is 1. The zero-order valence-corrected chi connectivity index (χ0v) is 12.2. The molecule has 2 rings (SSSR count). The second kappa shape index (κ2) is 5.99. The summed E-state index contributed by atoms with van der Waals surface area (Å²) >= 11 is 6.04. The zero-order chi connectivity index (χ0) is 14.8. The first kappa shape index (κ1) is 15.1. The summed E-state index contributed by atoms with van der Waals surface area (Å²) in [6, 6.07) is 4.96. The summed E-state index contributed by atoms with van der Waals surface area (Å²) in [5, 5.41) is 10.8. The lowest BCUT2D eigenvalue weighted by molar-refractivity contribution is -0.0734. The van der Waals surface area contributed by atoms with Crippen LogP contribution in [0.1, 0.15) is 23.2 Å². The number of nitrogens with two attached hydrogens (primary N) is 1. The summed E-state index contributed by atoms with van der Waals surface area (Å²) in [5.74, 6) is -0.284. The maximum Gasteiger partial charge on any atom is 0.257 e. The van der Waals surface area contributed by atoms with Gasteiger partial charge < -0.3 is 20.5 Å². The van der Waals surface area contributed by atoms with E-state index < -0.39 is 5.60 Å². The van der Waals surface area contributed by atoms with Crippen molar-refractivity contribution in [3.8, 4) is 0 Å². The Hall–Kier alpha value is -1.30. The van der Waals surface area contributed by atoms with Crippen LogP contribution in [0.25, 0.3) is 0 Å². The maximum absolute atomic E-state index is 12.4. The average molecular weight is 299 g/mol. The van der Waals surface area contributed by atoms with Gasteiger partial charge in [0.05, 0.1) is 16.2 Å². The van der Waals surface area contributed by atoms with E-state index in [1.807, 2.05) is 0 Å². The molecule has 1 aliphatic rings. The fourth-order valence-electron chi connectivity index (χ4n) is 2.38. The Morgan fingerprint density at radius 2 is 2.15 bits per heavy atom. The van der Waals surface area contributed by atoms with Crippen molar-refractivity contribution in [1.82, 2.24) is 4.90 Å². The molecular formula is C14H19ClN2O3. The number of carbonyl (C=O) groups excluding carboxylic acids is 1. The summed E-state index contributed by atoms with van der Waals surface area (Å²) < 4.78 is 5.23. The van der Waals surface area contributed by atoms with E-state index in [0.29, 0.717) is 36.8 Å². The lowest BCUT2D eigenvalue weighted by Gasteiger charge is -2.35. The van der Waals surface area contributed by atoms with Crippen LogP contribution >= 0.6 is 11.6 Å². The third-order valence-electron chi connectivity index (χ3n) is 3.56. The van der Waals surface area contributed by atoms with Gasteiger partial charge in [-0.05, 0) is 12.1 Å². The van der Waals surface area contributed by atoms with Crippen LogP contribution in [0.5, 0.6) is 0 Å². The van der Waals surface area contributed by atoms with Crippen molar-refractivity contribution < 1.29 is 14.6 Å². The normalized spacial score (nSPS) is 17.8. The van der Waals surface area contributed by atoms with Crippen molar-refractivity contribution in [1.29, 1.82) is 0 Å². The Morgan fingerprint density at radius 1 is 1.50 bits per heavy atom. The topological polar surface area (TPSA) is 75.8 Å². The number of likely N-dealkylation sites (N-methyl/N-ethyl adjacent to an activating group) is 1. The van der Waals surface area contributed by atoms with Crippen molar-refractivity contribution in [2.45, 2.75) is 18.4 Å². The molecule has 0 saturated carbocycles. The van der Waals surface area contributed by atoms with E-state index in [1.165, 1.54) is 4.90 Å². The van der Waals surface area contributed by atoms with Crippen LogP contribution in [0.15, 0.2) is 18.2 Å². The third kappa shape index (κ3) is 3.23. The second-order valence-corrected chi connectivity index (χ2v) is 5.61. The fourth-order valence-corrected chi connectivity index (χ4v) is 2.64. The molecule has 0 aromatic heterocycles. The standard InChI is InChI=1S/C14H19ClN2O3/c1-17(9-14(19)5-7-20-8-6-14)13(18)12-10(15)3-2-4-11(12)16/h2-4,19H,5-9,16H2,1H3. The zero-order valence-electron chi connectivity index (χ0n) is 11.4. The smallest absolute Gasteiger partial charge is 0.257 e. The van der Waals surface area contributed by atoms with Gasteiger partial charge in [-0.2, -0.15) is 0 Å². The lowest BCUT2D eigenvalue weighted by Crippen LogP contribution is -2.47. The van der Waals surface area contributed by atoms with Crippen LogP contribution in [-0.4, -0.2) is 48.3 Å². The minimum atomic E-state index is -0.904. The molecule has 1 saturated heterocycles. The number of hydrogen-bond donors (Lipinski definition) is 2. The fraction of sp³-hybridized carbons (Fsp3) is 0.500. The Labute approximate surface area is 123 Å². The average Bonchev–Trinajstić information content (AvgIpc) is 2.38. The van der Waals surface area contributed by atoms with Crippen molar-refractivity contribution in [3.63, 3.8) is 0 Å². The summed E-state index contributed by atoms with van der Waals surface area (Å²) in [6.45, 7) is 1.25. The molecule has 3 N–H and O–H groups in total. The highest BCUT2D eigenvalue weighted by Gasteiger charge is 2.33. The van der Waals surface area contributed by atoms with Crippen LogP contribution in [0, 0.1) is 0 Å². The lowest BCUT2D eigenvalue weighted by atomic mass is 9.93. The largest absolute Gasteiger partial charge is 0.398 e. The first-order valence-electron chi connectivity index (χ1n) is 6.52. The molecule has 6 heteroatoms. The Balaban J connectivity index is 2.12. The van der Waals surface area contributed by atoms with Gasteiger partial charge in [-0.3, -0.25) is 4.79 Å². The van der Waals surface area contributed by atoms with Gasteiger partial charge in [0.25, 0.3) is 5.91 Å². The highest BCUT2D eigenvalue weighted by Crippen LogP contribution is 2.26. The van der Waals surface area contributed by atoms with E-state index in [-0.39, 0.29) is 18.0 Å². The Morgan fingerprint density at radius 3 is 2.75 bits per heavy atom. The van der Waals surface area contributed by atoms with Crippen LogP contribution in [0.4, 0.5) is 5.69 Å². The first-order chi connectivity index (χ1) is 9.43. The number of carbonyl (C=O) groups is 1. The van der Waals surface area contributed by atoms with Gasteiger partial charge in [-0.15, -0.1) is 0 Å². The molecule has 0 aliphatic carbocycles. The van der Waals surface area contributed by atoms with Gasteiger partial charge >= 0.3 is 0 Å². The molecule has 5 nitrogen and oxygen atoms in total. The van der Waals surface area contributed by atoms with E-state index in [1.54, 1.807) is 25.2 Å². The molecule has 0 atom stereocenters. The molecule has 20 heavy (non-hydrogen) atoms. The Kier molecular flexibility index (Phi) is 4.52. The molecule has 0 radical (unpaired) electrons. The van der Waals surface area contributed by atoms with Crippen molar-refractivity contribution in [2.75, 3.05) is 32.5 Å². The monoisotopic (exact) mass is 298 g/mol. The third-order valence-corrected chi connectivity index (χ3v) is 3.88. The number of ether oxygens (including phenoxy) is 1. The van der Waals surface area contributed by atoms with Gasteiger partial charge in [0, 0.05) is 45.3 Å². The van der Waals surface area contributed by atoms with Crippen molar-refractivity contribution in [3.05, 3.63) is 28.8 Å². The summed E-state index contributed by atoms with van der Waals surface area (Å²) in [6.07, 6.45) is 1.03. The highest BCUT2D eigenvalue weighted by atomic mass is 35.5. The number of rotatable bonds is 3. The van der Waals surface area contributed by atoms with Crippen LogP contribution in [0.2, 0.25) is 5.02 Å². The van der Waals surface area contributed by atoms with Crippen LogP contribution < -0.4 is 5.73 Å². The van der Waals surface area contributed by atoms with Crippen LogP contribution in [0.3, 0.4) is 0 Å². The number of aliphatic hydroxyl groups is 1. The number of amides is 1. The second-order valence-electron chi connectivity index (χ2n) is 5.20. The number of nitrogen functional groups attached to an aromatic ring is 1. The summed E-state index contributed by atoms with van der Waals surface area (Å²) in [7, 11) is 1.64. The summed E-state index contributed by atoms with van der Waals surface area (Å²) in [4.78, 5) is 13.9. The maximum atomic E-state index is 12.4. The number of anilines is 1. The molecule has 1 amide bonds. The van der Waals surface area contributed by atoms with E-state index in [0.717, 1.165) is 0 Å². The molecule has 110 valence electrons. The number of halogens is 1. The first-order valence-corrected chi connectivity index (χ1v) is 6.90. The molecular weight excluding hydrogens is 280 g/mol. The van der Waals surface area contributed by atoms with Gasteiger partial charge in [-0.25, -0.2) is 0 Å². The van der Waals surface area contributed by atoms with Crippen LogP contribution in [-0.2, 0) is 4.74 Å². The highest BCUT2D eigenvalue weighted by molar-refractivity contribution is 6.34. The van der Waals surface area contributed by atoms with Gasteiger partial charge in [-0.1, -0.05) is 17.7 Å². The molecule has 1 fully saturated rings. The minimum Gasteiger partial charge on any atom is -0.398 e. The predicted molar refractivity (Wildman–Crippen MR) is 77.8 cm³/mol. The molecule has 1 heterocycles. The SMILES string of the molecule is CN(CC1(O)CCOCC1)C(=O)c1c(N)cccc1Cl. The predicted octanol–water partition coefficient (Wildman–Crippen LogP) is 1.54. The van der Waals surface area contributed by atoms with E-state index >= 15 is 0 Å². The molecule has 0 spiro atoms. The molecule has 1 aromatic rings. The minimum absolute atomic E-state index is 0.236. The van der Waals surface area contributed by atoms with E-state index in [4.69, 9.17) is 22.1 Å². The molecule has 1 aliphatic heterocycles. The number of nitrogens with zero attached hydrogens (tertiary/aromatic N) is 1. The quantitative estimate of drug-likeness (QED) is 0.830. The Bertz CT molecular complexity index is 481. The van der Waals surface area contributed by atoms with E-state index in [2.05, 4.69) is 0 Å². The van der Waals surface area contributed by atoms with Gasteiger partial charge in [0.15, 0.2) is 0 Å². The van der Waals surface area contributed by atoms with Gasteiger partial charge in [0.1, 0.15) is 0 Å². The molecule has 1 aromatic carbocycles. The summed E-state index contributed by atoms with van der Waals surface area (Å²) in [5.41, 5.74) is 5.53. The van der Waals surface area contributed by atoms with Gasteiger partial charge in [0.2, 0.25) is 0 Å².